The van der Waals surface area contributed by atoms with Crippen LogP contribution >= 0.6 is 0 Å². The number of hydrogen-bond donors (Lipinski definition) is 0. The zero-order valence-electron chi connectivity index (χ0n) is 20.6. The summed E-state index contributed by atoms with van der Waals surface area (Å²) in [6.07, 6.45) is 20.5. The van der Waals surface area contributed by atoms with E-state index in [0.29, 0.717) is 0 Å². The van der Waals surface area contributed by atoms with E-state index < -0.39 is 0 Å². The van der Waals surface area contributed by atoms with Gasteiger partial charge in [0.1, 0.15) is 0 Å². The van der Waals surface area contributed by atoms with Crippen molar-refractivity contribution in [3.63, 3.8) is 0 Å². The molecule has 0 saturated carbocycles. The number of aryl methyl sites for hydroxylation is 2. The van der Waals surface area contributed by atoms with Crippen LogP contribution in [0, 0.1) is 0 Å². The number of hydrogen-bond acceptors (Lipinski definition) is 2. The Kier molecular flexibility index (Phi) is 15.9. The number of nitrogens with zero attached hydrogens (tertiary/aromatic N) is 2. The molecule has 180 valence electrons. The monoisotopic (exact) mass is 486 g/mol. The van der Waals surface area contributed by atoms with E-state index in [0.717, 1.165) is 74.9 Å². The number of unbranched alkanes of at least 4 members (excludes halogenated alkanes) is 1. The topological polar surface area (TPSA) is 24.7 Å². The van der Waals surface area contributed by atoms with Gasteiger partial charge >= 0.3 is 0 Å². The van der Waals surface area contributed by atoms with Crippen LogP contribution in [0.15, 0.2) is 82.8 Å². The van der Waals surface area contributed by atoms with Crippen LogP contribution < -0.4 is 0 Å². The first-order chi connectivity index (χ1) is 15.8. The maximum Gasteiger partial charge on any atom is 0.0665 e. The first-order valence-electron chi connectivity index (χ1n) is 12.4. The molecule has 0 radical (unpaired) electrons. The van der Waals surface area contributed by atoms with Gasteiger partial charge in [-0.05, 0) is 74.6 Å². The van der Waals surface area contributed by atoms with Gasteiger partial charge in [0, 0.05) is 22.7 Å². The van der Waals surface area contributed by atoms with E-state index in [2.05, 4.69) is 93.6 Å². The Hall–Kier alpha value is -2.25. The summed E-state index contributed by atoms with van der Waals surface area (Å²) in [4.78, 5) is 9.94. The normalized spacial score (nSPS) is 12.2. The maximum atomic E-state index is 5.06. The van der Waals surface area contributed by atoms with Crippen molar-refractivity contribution in [3.8, 4) is 0 Å². The third-order valence-corrected chi connectivity index (χ3v) is 5.35. The summed E-state index contributed by atoms with van der Waals surface area (Å²) >= 11 is 0. The minimum absolute atomic E-state index is 0. The molecule has 0 fully saturated rings. The van der Waals surface area contributed by atoms with Crippen molar-refractivity contribution in [2.24, 2.45) is 9.98 Å². The molecule has 2 rings (SSSR count). The van der Waals surface area contributed by atoms with Gasteiger partial charge in [-0.2, -0.15) is 0 Å². The molecule has 0 unspecified atom stereocenters. The molecule has 0 aromatic heterocycles. The number of aliphatic imine (C=N–C) groups is 2. The second-order valence-electron chi connectivity index (χ2n) is 8.06. The largest absolute Gasteiger partial charge is 0.255 e. The van der Waals surface area contributed by atoms with Gasteiger partial charge in [0.05, 0.1) is 17.1 Å². The predicted molar refractivity (Wildman–Crippen MR) is 143 cm³/mol. The van der Waals surface area contributed by atoms with Crippen LogP contribution in [0.25, 0.3) is 0 Å². The van der Waals surface area contributed by atoms with Gasteiger partial charge in [-0.1, -0.05) is 87.9 Å². The molecule has 0 N–H and O–H groups in total. The van der Waals surface area contributed by atoms with E-state index in [-0.39, 0.29) is 16.5 Å². The van der Waals surface area contributed by atoms with Gasteiger partial charge in [-0.15, -0.1) is 0 Å². The fraction of sp³-hybridized carbons (Fsp3) is 0.400. The smallest absolute Gasteiger partial charge is 0.0665 e. The van der Waals surface area contributed by atoms with E-state index in [1.807, 2.05) is 6.21 Å². The molecule has 0 spiro atoms. The summed E-state index contributed by atoms with van der Waals surface area (Å²) in [6, 6.07) is 17.0. The Morgan fingerprint density at radius 2 is 1.27 bits per heavy atom. The van der Waals surface area contributed by atoms with Crippen molar-refractivity contribution in [2.75, 3.05) is 0 Å². The van der Waals surface area contributed by atoms with E-state index in [1.165, 1.54) is 11.1 Å². The first kappa shape index (κ1) is 28.8. The SMILES string of the molecule is CC/C=C/CCc1ccccc1N=CC(CCCC)=Nc1ccccc1CC/C=C/CC.[Ni]. The molecule has 0 aliphatic heterocycles. The Bertz CT molecular complexity index is 909. The van der Waals surface area contributed by atoms with Gasteiger partial charge in [0.15, 0.2) is 0 Å². The molecule has 33 heavy (non-hydrogen) atoms. The van der Waals surface area contributed by atoms with Crippen molar-refractivity contribution in [1.29, 1.82) is 0 Å². The van der Waals surface area contributed by atoms with Crippen molar-refractivity contribution < 1.29 is 16.5 Å². The molecule has 0 bridgehead atoms. The molecule has 0 atom stereocenters. The summed E-state index contributed by atoms with van der Waals surface area (Å²) in [5.74, 6) is 0. The van der Waals surface area contributed by atoms with Crippen LogP contribution in [0.5, 0.6) is 0 Å². The zero-order valence-corrected chi connectivity index (χ0v) is 21.6. The maximum absolute atomic E-state index is 5.06. The van der Waals surface area contributed by atoms with Gasteiger partial charge in [-0.3, -0.25) is 9.98 Å². The van der Waals surface area contributed by atoms with Crippen LogP contribution in [0.3, 0.4) is 0 Å². The Morgan fingerprint density at radius 3 is 1.85 bits per heavy atom. The first-order valence-corrected chi connectivity index (χ1v) is 12.4. The van der Waals surface area contributed by atoms with E-state index >= 15 is 0 Å². The molecule has 0 aliphatic rings. The van der Waals surface area contributed by atoms with Crippen LogP contribution in [-0.2, 0) is 29.3 Å². The van der Waals surface area contributed by atoms with Gasteiger partial charge in [-0.25, -0.2) is 0 Å². The van der Waals surface area contributed by atoms with Crippen molar-refractivity contribution in [3.05, 3.63) is 84.0 Å². The molecular formula is C30H40N2Ni. The third-order valence-electron chi connectivity index (χ3n) is 5.35. The van der Waals surface area contributed by atoms with Crippen LogP contribution in [0.2, 0.25) is 0 Å². The number of benzene rings is 2. The Balaban J connectivity index is 0.00000544. The van der Waals surface area contributed by atoms with Gasteiger partial charge in [0.25, 0.3) is 0 Å². The Morgan fingerprint density at radius 1 is 0.727 bits per heavy atom. The van der Waals surface area contributed by atoms with Crippen molar-refractivity contribution >= 4 is 23.3 Å². The standard InChI is InChI=1S/C30H40N2.Ni/c1-4-7-10-12-18-26-20-14-16-23-29(26)31-25-28(22-9-6-3)32-30-24-17-15-21-27(30)19-13-11-8-5-2;/h7-8,10-11,14-17,20-21,23-25H,4-6,9,12-13,18-19,22H2,1-3H3;/b10-7+,11-8+,31-25?,32-28?;. The zero-order chi connectivity index (χ0) is 22.9. The summed E-state index contributed by atoms with van der Waals surface area (Å²) in [5, 5.41) is 0. The summed E-state index contributed by atoms with van der Waals surface area (Å²) < 4.78 is 0. The Labute approximate surface area is 212 Å². The predicted octanol–water partition coefficient (Wildman–Crippen LogP) is 9.15. The summed E-state index contributed by atoms with van der Waals surface area (Å²) in [5.41, 5.74) is 5.79. The molecule has 2 aromatic rings. The molecular weight excluding hydrogens is 447 g/mol. The number of allylic oxidation sites excluding steroid dienone is 4. The van der Waals surface area contributed by atoms with Crippen molar-refractivity contribution in [2.45, 2.75) is 78.6 Å². The molecule has 0 amide bonds. The minimum atomic E-state index is 0. The van der Waals surface area contributed by atoms with E-state index in [9.17, 15) is 0 Å². The number of para-hydroxylation sites is 2. The van der Waals surface area contributed by atoms with Crippen molar-refractivity contribution in [1.82, 2.24) is 0 Å². The molecule has 0 aliphatic carbocycles. The fourth-order valence-electron chi connectivity index (χ4n) is 3.53. The second-order valence-corrected chi connectivity index (χ2v) is 8.06. The van der Waals surface area contributed by atoms with Gasteiger partial charge < -0.3 is 0 Å². The average Bonchev–Trinajstić information content (AvgIpc) is 2.83. The van der Waals surface area contributed by atoms with Crippen LogP contribution in [-0.4, -0.2) is 11.9 Å². The molecule has 2 aromatic carbocycles. The average molecular weight is 487 g/mol. The molecule has 0 heterocycles. The van der Waals surface area contributed by atoms with E-state index in [1.54, 1.807) is 0 Å². The van der Waals surface area contributed by atoms with Crippen LogP contribution in [0.4, 0.5) is 11.4 Å². The van der Waals surface area contributed by atoms with Gasteiger partial charge in [0.2, 0.25) is 0 Å². The van der Waals surface area contributed by atoms with Crippen LogP contribution in [0.1, 0.15) is 76.8 Å². The van der Waals surface area contributed by atoms with E-state index in [4.69, 9.17) is 9.98 Å². The number of rotatable bonds is 14. The second kappa shape index (κ2) is 18.2. The quantitative estimate of drug-likeness (QED) is 0.144. The molecule has 3 heteroatoms. The summed E-state index contributed by atoms with van der Waals surface area (Å²) in [7, 11) is 0. The fourth-order valence-corrected chi connectivity index (χ4v) is 3.53. The molecule has 2 nitrogen and oxygen atoms in total. The third kappa shape index (κ3) is 11.4. The summed E-state index contributed by atoms with van der Waals surface area (Å²) in [6.45, 7) is 6.57. The molecule has 0 saturated heterocycles. The minimum Gasteiger partial charge on any atom is -0.255 e.